The lowest BCUT2D eigenvalue weighted by Gasteiger charge is -2.25. The second-order valence-electron chi connectivity index (χ2n) is 17.3. The molecule has 0 fully saturated rings. The van der Waals surface area contributed by atoms with Gasteiger partial charge in [-0.1, -0.05) is 215 Å². The van der Waals surface area contributed by atoms with E-state index in [0.717, 1.165) is 102 Å². The minimum atomic E-state index is 0.0689. The maximum absolute atomic E-state index is 13.0. The van der Waals surface area contributed by atoms with Crippen LogP contribution in [0.5, 0.6) is 0 Å². The molecule has 0 aliphatic rings. The summed E-state index contributed by atoms with van der Waals surface area (Å²) in [5, 5.41) is 8.20. The van der Waals surface area contributed by atoms with Gasteiger partial charge in [0.2, 0.25) is 0 Å². The first-order valence-corrected chi connectivity index (χ1v) is 25.3. The zero-order valence-corrected chi connectivity index (χ0v) is 39.3. The van der Waals surface area contributed by atoms with E-state index in [9.17, 15) is 9.59 Å². The molecule has 0 aliphatic carbocycles. The van der Waals surface area contributed by atoms with Crippen LogP contribution < -0.4 is 0 Å². The zero-order chi connectivity index (χ0) is 41.7. The summed E-state index contributed by atoms with van der Waals surface area (Å²) in [5.41, 5.74) is 0. The fourth-order valence-corrected chi connectivity index (χ4v) is 8.24. The molecule has 0 aromatic rings. The van der Waals surface area contributed by atoms with Crippen molar-refractivity contribution in [3.63, 3.8) is 0 Å². The molecule has 0 aromatic heterocycles. The highest BCUT2D eigenvalue weighted by Crippen LogP contribution is 2.30. The molecule has 4 unspecified atom stereocenters. The average molecular weight is 795 g/mol. The van der Waals surface area contributed by atoms with Crippen molar-refractivity contribution in [1.29, 1.82) is 0 Å². The molecule has 0 aliphatic heterocycles. The van der Waals surface area contributed by atoms with Gasteiger partial charge in [0.15, 0.2) is 0 Å². The molecule has 0 rings (SSSR count). The van der Waals surface area contributed by atoms with Crippen LogP contribution in [0.15, 0.2) is 0 Å². The van der Waals surface area contributed by atoms with E-state index in [1.54, 1.807) is 0 Å². The van der Waals surface area contributed by atoms with E-state index in [1.165, 1.54) is 135 Å². The third-order valence-electron chi connectivity index (χ3n) is 12.2. The Balaban J connectivity index is 0. The number of esters is 2. The van der Waals surface area contributed by atoms with E-state index in [0.29, 0.717) is 19.8 Å². The van der Waals surface area contributed by atoms with Crippen LogP contribution >= 0.6 is 0 Å². The van der Waals surface area contributed by atoms with Crippen LogP contribution in [0.4, 0.5) is 0 Å². The van der Waals surface area contributed by atoms with Crippen LogP contribution in [0.3, 0.4) is 0 Å². The molecule has 5 nitrogen and oxygen atoms in total. The predicted molar refractivity (Wildman–Crippen MR) is 244 cm³/mol. The number of hydrogen-bond acceptors (Lipinski definition) is 5. The number of carbonyl (C=O) groups excluding carboxylic acids is 2. The van der Waals surface area contributed by atoms with Crippen molar-refractivity contribution < 1.29 is 24.2 Å². The molecule has 56 heavy (non-hydrogen) atoms. The van der Waals surface area contributed by atoms with Gasteiger partial charge in [0, 0.05) is 6.61 Å². The highest BCUT2D eigenvalue weighted by molar-refractivity contribution is 5.72. The lowest BCUT2D eigenvalue weighted by Crippen LogP contribution is -2.19. The van der Waals surface area contributed by atoms with Crippen molar-refractivity contribution in [3.05, 3.63) is 0 Å². The van der Waals surface area contributed by atoms with Crippen molar-refractivity contribution in [3.8, 4) is 0 Å². The van der Waals surface area contributed by atoms with Gasteiger partial charge in [-0.3, -0.25) is 9.59 Å². The number of hydrogen-bond donors (Lipinski definition) is 1. The Bertz CT molecular complexity index is 720. The standard InChI is InChI=1S/C46H90O4.C5H12O/c1-7-13-17-21-23-27-37-43(35-25-19-15-9-3)45(47)49-39-31-29-33-41(11-5)42(12-6)34-30-32-40-50-46(48)44(36-26-20-16-10-4)38-28-24-22-18-14-8-2;1-2-3-4-5-6/h41-44H,7-40H2,1-6H3;6H,2-5H2,1H3. The lowest BCUT2D eigenvalue weighted by atomic mass is 9.81. The third-order valence-corrected chi connectivity index (χ3v) is 12.2. The first-order valence-electron chi connectivity index (χ1n) is 25.3. The Labute approximate surface area is 351 Å². The maximum Gasteiger partial charge on any atom is 0.308 e. The van der Waals surface area contributed by atoms with Gasteiger partial charge in [-0.15, -0.1) is 0 Å². The van der Waals surface area contributed by atoms with Crippen molar-refractivity contribution in [2.45, 2.75) is 273 Å². The molecule has 0 spiro atoms. The zero-order valence-electron chi connectivity index (χ0n) is 39.3. The number of unbranched alkanes of at least 4 members (excludes halogenated alkanes) is 20. The minimum absolute atomic E-state index is 0.0689. The largest absolute Gasteiger partial charge is 0.465 e. The topological polar surface area (TPSA) is 72.8 Å². The highest BCUT2D eigenvalue weighted by Gasteiger charge is 2.22. The molecule has 4 atom stereocenters. The summed E-state index contributed by atoms with van der Waals surface area (Å²) >= 11 is 0. The van der Waals surface area contributed by atoms with Crippen molar-refractivity contribution in [2.75, 3.05) is 19.8 Å². The normalized spacial score (nSPS) is 13.4. The van der Waals surface area contributed by atoms with Gasteiger partial charge >= 0.3 is 11.9 Å². The van der Waals surface area contributed by atoms with E-state index in [-0.39, 0.29) is 23.8 Å². The maximum atomic E-state index is 13.0. The Morgan fingerprint density at radius 3 is 0.911 bits per heavy atom. The fourth-order valence-electron chi connectivity index (χ4n) is 8.24. The number of aliphatic hydroxyl groups is 1. The second-order valence-corrected chi connectivity index (χ2v) is 17.3. The van der Waals surface area contributed by atoms with E-state index < -0.39 is 0 Å². The van der Waals surface area contributed by atoms with Crippen LogP contribution in [-0.4, -0.2) is 36.9 Å². The molecule has 0 heterocycles. The smallest absolute Gasteiger partial charge is 0.308 e. The first kappa shape index (κ1) is 57.0. The molecule has 5 heteroatoms. The van der Waals surface area contributed by atoms with Gasteiger partial charge < -0.3 is 14.6 Å². The van der Waals surface area contributed by atoms with E-state index >= 15 is 0 Å². The molecular weight excluding hydrogens is 693 g/mol. The van der Waals surface area contributed by atoms with Crippen LogP contribution in [0.25, 0.3) is 0 Å². The number of carbonyl (C=O) groups is 2. The van der Waals surface area contributed by atoms with Gasteiger partial charge in [-0.05, 0) is 69.6 Å². The molecule has 0 amide bonds. The highest BCUT2D eigenvalue weighted by atomic mass is 16.5. The summed E-state index contributed by atoms with van der Waals surface area (Å²) in [6.07, 6.45) is 41.5. The van der Waals surface area contributed by atoms with Gasteiger partial charge in [0.25, 0.3) is 0 Å². The van der Waals surface area contributed by atoms with Gasteiger partial charge in [-0.2, -0.15) is 0 Å². The van der Waals surface area contributed by atoms with Crippen LogP contribution in [0.1, 0.15) is 273 Å². The van der Waals surface area contributed by atoms with E-state index in [1.807, 2.05) is 0 Å². The number of ether oxygens (including phenoxy) is 2. The van der Waals surface area contributed by atoms with Crippen LogP contribution in [-0.2, 0) is 19.1 Å². The quantitative estimate of drug-likeness (QED) is 0.0492. The molecule has 0 bridgehead atoms. The SMILES string of the molecule is CCCCCCCCC(CCCCCC)C(=O)OCCCCC(CC)C(CC)CCCCOC(=O)C(CCCCCC)CCCCCCCC.CCCCCO. The average Bonchev–Trinajstić information content (AvgIpc) is 3.21. The van der Waals surface area contributed by atoms with Crippen LogP contribution in [0, 0.1) is 23.7 Å². The molecule has 0 radical (unpaired) electrons. The molecular formula is C51H102O5. The van der Waals surface area contributed by atoms with Crippen molar-refractivity contribution in [2.24, 2.45) is 23.7 Å². The summed E-state index contributed by atoms with van der Waals surface area (Å²) in [7, 11) is 0. The Kier molecular flexibility index (Phi) is 47.4. The Morgan fingerprint density at radius 2 is 0.625 bits per heavy atom. The van der Waals surface area contributed by atoms with Gasteiger partial charge in [0.1, 0.15) is 0 Å². The number of rotatable bonds is 42. The number of aliphatic hydroxyl groups excluding tert-OH is 1. The monoisotopic (exact) mass is 795 g/mol. The van der Waals surface area contributed by atoms with Gasteiger partial charge in [0.05, 0.1) is 25.0 Å². The molecule has 1 N–H and O–H groups in total. The van der Waals surface area contributed by atoms with Gasteiger partial charge in [-0.25, -0.2) is 0 Å². The van der Waals surface area contributed by atoms with Crippen molar-refractivity contribution in [1.82, 2.24) is 0 Å². The second kappa shape index (κ2) is 46.6. The first-order chi connectivity index (χ1) is 27.4. The van der Waals surface area contributed by atoms with E-state index in [4.69, 9.17) is 14.6 Å². The van der Waals surface area contributed by atoms with Crippen LogP contribution in [0.2, 0.25) is 0 Å². The molecule has 336 valence electrons. The summed E-state index contributed by atoms with van der Waals surface area (Å²) in [6.45, 7) is 17.3. The van der Waals surface area contributed by atoms with E-state index in [2.05, 4.69) is 48.5 Å². The third kappa shape index (κ3) is 37.2. The minimum Gasteiger partial charge on any atom is -0.465 e. The summed E-state index contributed by atoms with van der Waals surface area (Å²) in [5.74, 6) is 1.78. The van der Waals surface area contributed by atoms with Crippen molar-refractivity contribution >= 4 is 11.9 Å². The summed E-state index contributed by atoms with van der Waals surface area (Å²) in [6, 6.07) is 0. The predicted octanol–water partition coefficient (Wildman–Crippen LogP) is 16.3. The molecule has 0 saturated heterocycles. The molecule has 0 saturated carbocycles. The Morgan fingerprint density at radius 1 is 0.357 bits per heavy atom. The summed E-state index contributed by atoms with van der Waals surface area (Å²) in [4.78, 5) is 26.1. The Hall–Kier alpha value is -1.10. The fraction of sp³-hybridized carbons (Fsp3) is 0.961. The summed E-state index contributed by atoms with van der Waals surface area (Å²) < 4.78 is 11.8. The molecule has 0 aromatic carbocycles. The lowest BCUT2D eigenvalue weighted by molar-refractivity contribution is -0.150.